The molecule has 8 heteroatoms. The first-order valence-corrected chi connectivity index (χ1v) is 9.65. The van der Waals surface area contributed by atoms with Crippen molar-refractivity contribution in [3.05, 3.63) is 57.7 Å². The second-order valence-corrected chi connectivity index (χ2v) is 7.62. The predicted molar refractivity (Wildman–Crippen MR) is 104 cm³/mol. The number of carbonyl (C=O) groups excluding carboxylic acids is 2. The SMILES string of the molecule is C=CCOC(=O)C1=C(C)N=C2SCCC(=O)N2[C@@H]1c1ccc(Cl)cc1Cl. The van der Waals surface area contributed by atoms with Crippen LogP contribution >= 0.6 is 35.0 Å². The van der Waals surface area contributed by atoms with Crippen LogP contribution in [-0.2, 0) is 14.3 Å². The summed E-state index contributed by atoms with van der Waals surface area (Å²) in [5, 5.41) is 1.41. The standard InChI is InChI=1S/C18H16Cl2N2O3S/c1-3-7-25-17(24)15-10(2)21-18-22(14(23)6-8-26-18)16(15)12-5-4-11(19)9-13(12)20/h3-5,9,16H,1,6-8H2,2H3/t16-/m1/s1. The molecule has 0 aromatic heterocycles. The maximum atomic E-state index is 12.7. The van der Waals surface area contributed by atoms with E-state index in [1.807, 2.05) is 0 Å². The summed E-state index contributed by atoms with van der Waals surface area (Å²) < 4.78 is 5.23. The number of carbonyl (C=O) groups is 2. The number of hydrogen-bond acceptors (Lipinski definition) is 5. The number of hydrogen-bond donors (Lipinski definition) is 0. The number of aliphatic imine (C=N–C) groups is 1. The van der Waals surface area contributed by atoms with Gasteiger partial charge in [-0.15, -0.1) is 0 Å². The van der Waals surface area contributed by atoms with Crippen LogP contribution in [0.15, 0.2) is 47.1 Å². The van der Waals surface area contributed by atoms with Crippen molar-refractivity contribution >= 4 is 52.0 Å². The maximum absolute atomic E-state index is 12.7. The first-order valence-electron chi connectivity index (χ1n) is 7.91. The van der Waals surface area contributed by atoms with Crippen molar-refractivity contribution in [2.75, 3.05) is 12.4 Å². The largest absolute Gasteiger partial charge is 0.458 e. The van der Waals surface area contributed by atoms with Gasteiger partial charge in [0.05, 0.1) is 17.3 Å². The van der Waals surface area contributed by atoms with Crippen molar-refractivity contribution in [2.24, 2.45) is 4.99 Å². The summed E-state index contributed by atoms with van der Waals surface area (Å²) in [6.45, 7) is 5.34. The zero-order chi connectivity index (χ0) is 18.8. The van der Waals surface area contributed by atoms with E-state index in [9.17, 15) is 9.59 Å². The number of thioether (sulfide) groups is 1. The Balaban J connectivity index is 2.16. The molecule has 3 rings (SSSR count). The van der Waals surface area contributed by atoms with E-state index in [2.05, 4.69) is 11.6 Å². The van der Waals surface area contributed by atoms with Gasteiger partial charge in [0.1, 0.15) is 6.61 Å². The molecule has 1 aromatic carbocycles. The number of amides is 1. The third-order valence-electron chi connectivity index (χ3n) is 4.02. The van der Waals surface area contributed by atoms with Crippen LogP contribution in [0.2, 0.25) is 10.0 Å². The van der Waals surface area contributed by atoms with E-state index >= 15 is 0 Å². The van der Waals surface area contributed by atoms with Gasteiger partial charge in [-0.2, -0.15) is 0 Å². The highest BCUT2D eigenvalue weighted by molar-refractivity contribution is 8.14. The minimum atomic E-state index is -0.704. The zero-order valence-corrected chi connectivity index (χ0v) is 16.3. The predicted octanol–water partition coefficient (Wildman–Crippen LogP) is 4.37. The van der Waals surface area contributed by atoms with Crippen molar-refractivity contribution < 1.29 is 14.3 Å². The van der Waals surface area contributed by atoms with Crippen LogP contribution in [0.5, 0.6) is 0 Å². The van der Waals surface area contributed by atoms with Crippen LogP contribution in [0.4, 0.5) is 0 Å². The number of rotatable bonds is 4. The number of amidine groups is 1. The summed E-state index contributed by atoms with van der Waals surface area (Å²) in [5.41, 5.74) is 1.39. The van der Waals surface area contributed by atoms with Crippen molar-refractivity contribution in [3.8, 4) is 0 Å². The average Bonchev–Trinajstić information content (AvgIpc) is 2.59. The Bertz CT molecular complexity index is 851. The van der Waals surface area contributed by atoms with E-state index in [1.54, 1.807) is 25.1 Å². The van der Waals surface area contributed by atoms with Crippen molar-refractivity contribution in [1.29, 1.82) is 0 Å². The minimum Gasteiger partial charge on any atom is -0.458 e. The molecule has 5 nitrogen and oxygen atoms in total. The summed E-state index contributed by atoms with van der Waals surface area (Å²) in [7, 11) is 0. The Morgan fingerprint density at radius 1 is 1.50 bits per heavy atom. The number of nitrogens with zero attached hydrogens (tertiary/aromatic N) is 2. The fourth-order valence-electron chi connectivity index (χ4n) is 2.89. The van der Waals surface area contributed by atoms with E-state index in [4.69, 9.17) is 27.9 Å². The summed E-state index contributed by atoms with van der Waals surface area (Å²) in [6.07, 6.45) is 1.84. The van der Waals surface area contributed by atoms with Gasteiger partial charge in [0.2, 0.25) is 5.91 Å². The number of fused-ring (bicyclic) bond motifs is 1. The number of allylic oxidation sites excluding steroid dienone is 1. The van der Waals surface area contributed by atoms with Gasteiger partial charge in [0.15, 0.2) is 5.17 Å². The summed E-state index contributed by atoms with van der Waals surface area (Å²) in [4.78, 5) is 31.3. The van der Waals surface area contributed by atoms with Crippen LogP contribution in [-0.4, -0.2) is 34.3 Å². The molecule has 0 saturated carbocycles. The van der Waals surface area contributed by atoms with Gasteiger partial charge in [-0.05, 0) is 24.6 Å². The van der Waals surface area contributed by atoms with E-state index in [0.717, 1.165) is 0 Å². The first kappa shape index (κ1) is 19.0. The molecule has 0 unspecified atom stereocenters. The molecule has 0 spiro atoms. The normalized spacial score (nSPS) is 19.8. The average molecular weight is 411 g/mol. The molecule has 0 aliphatic carbocycles. The lowest BCUT2D eigenvalue weighted by molar-refractivity contribution is -0.139. The Kier molecular flexibility index (Phi) is 5.75. The molecule has 1 amide bonds. The molecule has 0 bridgehead atoms. The Labute approximate surface area is 165 Å². The molecule has 2 aliphatic rings. The molecular weight excluding hydrogens is 395 g/mol. The van der Waals surface area contributed by atoms with Gasteiger partial charge in [-0.3, -0.25) is 9.69 Å². The topological polar surface area (TPSA) is 59.0 Å². The van der Waals surface area contributed by atoms with E-state index < -0.39 is 12.0 Å². The molecule has 1 aromatic rings. The number of benzene rings is 1. The lowest BCUT2D eigenvalue weighted by Crippen LogP contribution is -2.46. The monoisotopic (exact) mass is 410 g/mol. The van der Waals surface area contributed by atoms with Crippen LogP contribution < -0.4 is 0 Å². The molecule has 1 fully saturated rings. The lowest BCUT2D eigenvalue weighted by atomic mass is 9.94. The van der Waals surface area contributed by atoms with Crippen LogP contribution in [0, 0.1) is 0 Å². The molecule has 1 saturated heterocycles. The van der Waals surface area contributed by atoms with Crippen LogP contribution in [0.1, 0.15) is 24.9 Å². The Morgan fingerprint density at radius 3 is 2.96 bits per heavy atom. The summed E-state index contributed by atoms with van der Waals surface area (Å²) >= 11 is 13.9. The second kappa shape index (κ2) is 7.86. The van der Waals surface area contributed by atoms with Crippen molar-refractivity contribution in [3.63, 3.8) is 0 Å². The van der Waals surface area contributed by atoms with Gasteiger partial charge in [-0.1, -0.05) is 53.7 Å². The number of halogens is 2. The fourth-order valence-corrected chi connectivity index (χ4v) is 4.41. The lowest BCUT2D eigenvalue weighted by Gasteiger charge is -2.39. The highest BCUT2D eigenvalue weighted by Gasteiger charge is 2.42. The molecular formula is C18H16Cl2N2O3S. The molecule has 2 heterocycles. The van der Waals surface area contributed by atoms with E-state index in [-0.39, 0.29) is 18.1 Å². The Hall–Kier alpha value is -1.76. The third kappa shape index (κ3) is 3.54. The molecule has 0 N–H and O–H groups in total. The van der Waals surface area contributed by atoms with Crippen LogP contribution in [0.25, 0.3) is 0 Å². The fraction of sp³-hybridized carbons (Fsp3) is 0.278. The summed E-state index contributed by atoms with van der Waals surface area (Å²) in [6, 6.07) is 4.29. The first-order chi connectivity index (χ1) is 12.4. The van der Waals surface area contributed by atoms with Gasteiger partial charge < -0.3 is 4.74 Å². The molecule has 2 aliphatic heterocycles. The van der Waals surface area contributed by atoms with E-state index in [1.165, 1.54) is 22.7 Å². The van der Waals surface area contributed by atoms with Gasteiger partial charge >= 0.3 is 5.97 Å². The van der Waals surface area contributed by atoms with Gasteiger partial charge in [0.25, 0.3) is 0 Å². The van der Waals surface area contributed by atoms with Gasteiger partial charge in [-0.25, -0.2) is 9.79 Å². The summed E-state index contributed by atoms with van der Waals surface area (Å²) in [5.74, 6) is -0.0108. The number of ether oxygens (including phenoxy) is 1. The van der Waals surface area contributed by atoms with Crippen molar-refractivity contribution in [2.45, 2.75) is 19.4 Å². The number of esters is 1. The molecule has 0 radical (unpaired) electrons. The third-order valence-corrected chi connectivity index (χ3v) is 5.53. The van der Waals surface area contributed by atoms with Crippen molar-refractivity contribution in [1.82, 2.24) is 4.90 Å². The maximum Gasteiger partial charge on any atom is 0.338 e. The minimum absolute atomic E-state index is 0.0654. The highest BCUT2D eigenvalue weighted by Crippen LogP contribution is 2.42. The quantitative estimate of drug-likeness (QED) is 0.545. The molecule has 1 atom stereocenters. The highest BCUT2D eigenvalue weighted by atomic mass is 35.5. The molecule has 136 valence electrons. The Morgan fingerprint density at radius 2 is 2.27 bits per heavy atom. The second-order valence-electron chi connectivity index (χ2n) is 5.71. The van der Waals surface area contributed by atoms with Crippen LogP contribution in [0.3, 0.4) is 0 Å². The zero-order valence-electron chi connectivity index (χ0n) is 14.0. The smallest absolute Gasteiger partial charge is 0.338 e. The van der Waals surface area contributed by atoms with E-state index in [0.29, 0.717) is 38.6 Å². The molecule has 26 heavy (non-hydrogen) atoms. The van der Waals surface area contributed by atoms with Gasteiger partial charge in [0, 0.05) is 22.2 Å².